The number of fused-ring (bicyclic) bond motifs is 1. The summed E-state index contributed by atoms with van der Waals surface area (Å²) in [6.07, 6.45) is 1.85. The van der Waals surface area contributed by atoms with Gasteiger partial charge in [-0.3, -0.25) is 9.59 Å². The molecule has 0 saturated heterocycles. The van der Waals surface area contributed by atoms with Gasteiger partial charge in [0.05, 0.1) is 11.0 Å². The Balaban J connectivity index is 1.35. The van der Waals surface area contributed by atoms with Crippen LogP contribution in [0, 0.1) is 0 Å². The predicted octanol–water partition coefficient (Wildman–Crippen LogP) is 4.31. The van der Waals surface area contributed by atoms with Gasteiger partial charge in [0.25, 0.3) is 5.91 Å². The van der Waals surface area contributed by atoms with Crippen LogP contribution >= 0.6 is 11.6 Å². The summed E-state index contributed by atoms with van der Waals surface area (Å²) < 4.78 is 0. The van der Waals surface area contributed by atoms with E-state index in [2.05, 4.69) is 20.6 Å². The maximum atomic E-state index is 13.0. The van der Waals surface area contributed by atoms with Crippen LogP contribution in [0.15, 0.2) is 78.9 Å². The molecule has 1 aromatic heterocycles. The molecule has 4 aromatic rings. The number of hydrogen-bond donors (Lipinski definition) is 3. The molecular formula is C26H25ClN4O2. The van der Waals surface area contributed by atoms with Gasteiger partial charge in [0, 0.05) is 30.0 Å². The standard InChI is InChI=1S/C26H25ClN4O2/c27-20-14-12-19(13-15-20)25(32)31-23(17-18-7-2-1-3-8-18)26(33)28-16-6-11-24-29-21-9-4-5-10-22(21)30-24/h1-5,7-10,12-15,23H,6,11,16-17H2,(H,28,33)(H,29,30)(H,31,32). The number of para-hydroxylation sites is 2. The number of carbonyl (C=O) groups excluding carboxylic acids is 2. The summed E-state index contributed by atoms with van der Waals surface area (Å²) in [5.74, 6) is 0.359. The lowest BCUT2D eigenvalue weighted by Gasteiger charge is -2.19. The van der Waals surface area contributed by atoms with Gasteiger partial charge < -0.3 is 15.6 Å². The average Bonchev–Trinajstić information content (AvgIpc) is 3.25. The van der Waals surface area contributed by atoms with Gasteiger partial charge in [-0.15, -0.1) is 0 Å². The molecule has 0 fully saturated rings. The van der Waals surface area contributed by atoms with Gasteiger partial charge in [-0.2, -0.15) is 0 Å². The van der Waals surface area contributed by atoms with Crippen LogP contribution < -0.4 is 10.6 Å². The van der Waals surface area contributed by atoms with Crippen molar-refractivity contribution in [3.63, 3.8) is 0 Å². The fourth-order valence-electron chi connectivity index (χ4n) is 3.62. The minimum absolute atomic E-state index is 0.217. The SMILES string of the molecule is O=C(NC(Cc1ccccc1)C(=O)NCCCc1nc2ccccc2[nH]1)c1ccc(Cl)cc1. The lowest BCUT2D eigenvalue weighted by Crippen LogP contribution is -2.48. The van der Waals surface area contributed by atoms with Crippen molar-refractivity contribution in [1.82, 2.24) is 20.6 Å². The molecule has 0 radical (unpaired) electrons. The third kappa shape index (κ3) is 6.20. The normalized spacial score (nSPS) is 11.8. The molecule has 1 unspecified atom stereocenters. The Bertz CT molecular complexity index is 1190. The number of carbonyl (C=O) groups is 2. The average molecular weight is 461 g/mol. The first-order valence-electron chi connectivity index (χ1n) is 10.9. The molecule has 168 valence electrons. The van der Waals surface area contributed by atoms with Crippen molar-refractivity contribution in [3.8, 4) is 0 Å². The highest BCUT2D eigenvalue weighted by molar-refractivity contribution is 6.30. The molecule has 0 spiro atoms. The van der Waals surface area contributed by atoms with Crippen LogP contribution in [0.3, 0.4) is 0 Å². The van der Waals surface area contributed by atoms with E-state index in [0.717, 1.165) is 35.3 Å². The van der Waals surface area contributed by atoms with Crippen molar-refractivity contribution in [2.75, 3.05) is 6.54 Å². The van der Waals surface area contributed by atoms with E-state index in [1.54, 1.807) is 24.3 Å². The lowest BCUT2D eigenvalue weighted by molar-refractivity contribution is -0.122. The van der Waals surface area contributed by atoms with E-state index in [4.69, 9.17) is 11.6 Å². The van der Waals surface area contributed by atoms with Crippen LogP contribution in [0.25, 0.3) is 11.0 Å². The number of aromatic nitrogens is 2. The van der Waals surface area contributed by atoms with Crippen molar-refractivity contribution < 1.29 is 9.59 Å². The number of hydrogen-bond acceptors (Lipinski definition) is 3. The largest absolute Gasteiger partial charge is 0.354 e. The maximum absolute atomic E-state index is 13.0. The zero-order valence-electron chi connectivity index (χ0n) is 18.1. The highest BCUT2D eigenvalue weighted by atomic mass is 35.5. The number of imidazole rings is 1. The summed E-state index contributed by atoms with van der Waals surface area (Å²) in [6, 6.07) is 23.4. The topological polar surface area (TPSA) is 86.9 Å². The second-order valence-electron chi connectivity index (χ2n) is 7.82. The van der Waals surface area contributed by atoms with E-state index in [0.29, 0.717) is 23.6 Å². The van der Waals surface area contributed by atoms with Crippen LogP contribution in [0.4, 0.5) is 0 Å². The quantitative estimate of drug-likeness (QED) is 0.325. The Kier molecular flexibility index (Phi) is 7.37. The molecule has 0 saturated carbocycles. The van der Waals surface area contributed by atoms with Crippen LogP contribution in [0.1, 0.15) is 28.2 Å². The fraction of sp³-hybridized carbons (Fsp3) is 0.192. The Morgan fingerprint density at radius 2 is 1.67 bits per heavy atom. The van der Waals surface area contributed by atoms with Crippen molar-refractivity contribution in [2.24, 2.45) is 0 Å². The Morgan fingerprint density at radius 3 is 2.42 bits per heavy atom. The van der Waals surface area contributed by atoms with Gasteiger partial charge in [0.15, 0.2) is 0 Å². The zero-order valence-corrected chi connectivity index (χ0v) is 18.8. The van der Waals surface area contributed by atoms with Crippen molar-refractivity contribution >= 4 is 34.4 Å². The first kappa shape index (κ1) is 22.6. The number of nitrogens with zero attached hydrogens (tertiary/aromatic N) is 1. The zero-order chi connectivity index (χ0) is 23.0. The van der Waals surface area contributed by atoms with E-state index in [1.807, 2.05) is 54.6 Å². The molecule has 4 rings (SSSR count). The highest BCUT2D eigenvalue weighted by Crippen LogP contribution is 2.12. The summed E-state index contributed by atoms with van der Waals surface area (Å²) in [7, 11) is 0. The summed E-state index contributed by atoms with van der Waals surface area (Å²) in [5.41, 5.74) is 3.36. The fourth-order valence-corrected chi connectivity index (χ4v) is 3.74. The van der Waals surface area contributed by atoms with Gasteiger partial charge >= 0.3 is 0 Å². The number of aromatic amines is 1. The number of aryl methyl sites for hydroxylation is 1. The molecule has 0 aliphatic carbocycles. The van der Waals surface area contributed by atoms with Crippen LogP contribution in [-0.4, -0.2) is 34.4 Å². The van der Waals surface area contributed by atoms with Crippen LogP contribution in [0.5, 0.6) is 0 Å². The second-order valence-corrected chi connectivity index (χ2v) is 8.25. The smallest absolute Gasteiger partial charge is 0.251 e. The van der Waals surface area contributed by atoms with Gasteiger partial charge in [0.2, 0.25) is 5.91 Å². The number of amides is 2. The molecular weight excluding hydrogens is 436 g/mol. The van der Waals surface area contributed by atoms with Gasteiger partial charge in [-0.1, -0.05) is 54.1 Å². The van der Waals surface area contributed by atoms with E-state index in [1.165, 1.54) is 0 Å². The third-order valence-electron chi connectivity index (χ3n) is 5.34. The number of benzene rings is 3. The van der Waals surface area contributed by atoms with E-state index in [-0.39, 0.29) is 11.8 Å². The summed E-state index contributed by atoms with van der Waals surface area (Å²) in [6.45, 7) is 0.484. The maximum Gasteiger partial charge on any atom is 0.251 e. The Labute approximate surface area is 197 Å². The number of nitrogens with one attached hydrogen (secondary N) is 3. The highest BCUT2D eigenvalue weighted by Gasteiger charge is 2.21. The second kappa shape index (κ2) is 10.8. The minimum Gasteiger partial charge on any atom is -0.354 e. The van der Waals surface area contributed by atoms with Crippen molar-refractivity contribution in [3.05, 3.63) is 101 Å². The molecule has 7 heteroatoms. The molecule has 0 aliphatic heterocycles. The van der Waals surface area contributed by atoms with Crippen LogP contribution in [0.2, 0.25) is 5.02 Å². The van der Waals surface area contributed by atoms with E-state index >= 15 is 0 Å². The molecule has 1 heterocycles. The summed E-state index contributed by atoms with van der Waals surface area (Å²) >= 11 is 5.92. The molecule has 0 aliphatic rings. The van der Waals surface area contributed by atoms with Gasteiger partial charge in [-0.25, -0.2) is 4.98 Å². The third-order valence-corrected chi connectivity index (χ3v) is 5.59. The summed E-state index contributed by atoms with van der Waals surface area (Å²) in [5, 5.41) is 6.37. The van der Waals surface area contributed by atoms with Gasteiger partial charge in [-0.05, 0) is 48.4 Å². The van der Waals surface area contributed by atoms with Gasteiger partial charge in [0.1, 0.15) is 11.9 Å². The molecule has 6 nitrogen and oxygen atoms in total. The minimum atomic E-state index is -0.693. The van der Waals surface area contributed by atoms with E-state index < -0.39 is 6.04 Å². The van der Waals surface area contributed by atoms with Crippen molar-refractivity contribution in [1.29, 1.82) is 0 Å². The molecule has 0 bridgehead atoms. The Hall–Kier alpha value is -3.64. The first-order valence-corrected chi connectivity index (χ1v) is 11.3. The first-order chi connectivity index (χ1) is 16.1. The molecule has 3 aromatic carbocycles. The molecule has 2 amide bonds. The van der Waals surface area contributed by atoms with E-state index in [9.17, 15) is 9.59 Å². The molecule has 33 heavy (non-hydrogen) atoms. The molecule has 1 atom stereocenters. The molecule has 3 N–H and O–H groups in total. The Morgan fingerprint density at radius 1 is 0.939 bits per heavy atom. The monoisotopic (exact) mass is 460 g/mol. The van der Waals surface area contributed by atoms with Crippen molar-refractivity contribution in [2.45, 2.75) is 25.3 Å². The number of H-pyrrole nitrogens is 1. The lowest BCUT2D eigenvalue weighted by atomic mass is 10.0. The summed E-state index contributed by atoms with van der Waals surface area (Å²) in [4.78, 5) is 33.5. The number of rotatable bonds is 9. The number of halogens is 1. The predicted molar refractivity (Wildman–Crippen MR) is 130 cm³/mol. The van der Waals surface area contributed by atoms with Crippen LogP contribution in [-0.2, 0) is 17.6 Å².